The Hall–Kier alpha value is -6.65. The van der Waals surface area contributed by atoms with Crippen LogP contribution in [0.5, 0.6) is 0 Å². The van der Waals surface area contributed by atoms with E-state index in [0.29, 0.717) is 17.5 Å². The summed E-state index contributed by atoms with van der Waals surface area (Å²) in [5.74, 6) is 2.17. The van der Waals surface area contributed by atoms with E-state index < -0.39 is 5.41 Å². The Balaban J connectivity index is 1.25. The molecule has 0 aliphatic heterocycles. The largest absolute Gasteiger partial charge is 0.455 e. The molecule has 0 fully saturated rings. The highest BCUT2D eigenvalue weighted by atomic mass is 16.3. The monoisotopic (exact) mass is 665 g/mol. The van der Waals surface area contributed by atoms with Crippen molar-refractivity contribution in [3.63, 3.8) is 0 Å². The first-order valence-electron chi connectivity index (χ1n) is 17.9. The molecule has 0 saturated carbocycles. The number of fused-ring (bicyclic) bond motifs is 3. The van der Waals surface area contributed by atoms with Gasteiger partial charge in [-0.1, -0.05) is 164 Å². The molecule has 52 heavy (non-hydrogen) atoms. The van der Waals surface area contributed by atoms with E-state index in [4.69, 9.17) is 19.4 Å². The maximum Gasteiger partial charge on any atom is 0.167 e. The summed E-state index contributed by atoms with van der Waals surface area (Å²) in [5.41, 5.74) is 12.4. The van der Waals surface area contributed by atoms with Gasteiger partial charge < -0.3 is 4.42 Å². The summed E-state index contributed by atoms with van der Waals surface area (Å²) in [7, 11) is 0. The second-order valence-electron chi connectivity index (χ2n) is 13.8. The third kappa shape index (κ3) is 4.06. The third-order valence-corrected chi connectivity index (χ3v) is 11.2. The van der Waals surface area contributed by atoms with Gasteiger partial charge in [0, 0.05) is 27.8 Å². The molecule has 4 heteroatoms. The number of para-hydroxylation sites is 2. The van der Waals surface area contributed by atoms with Gasteiger partial charge in [-0.3, -0.25) is 0 Å². The van der Waals surface area contributed by atoms with Crippen molar-refractivity contribution in [2.75, 3.05) is 0 Å². The fraction of sp³-hybridized carbons (Fsp3) is 0.0625. The molecule has 3 aliphatic rings. The first-order chi connectivity index (χ1) is 25.8. The number of aromatic nitrogens is 3. The highest BCUT2D eigenvalue weighted by Crippen LogP contribution is 2.57. The van der Waals surface area contributed by atoms with Gasteiger partial charge in [0.25, 0.3) is 0 Å². The second-order valence-corrected chi connectivity index (χ2v) is 13.8. The maximum atomic E-state index is 6.90. The quantitative estimate of drug-likeness (QED) is 0.188. The Labute approximate surface area is 301 Å². The molecule has 0 amide bonds. The first kappa shape index (κ1) is 29.1. The fourth-order valence-electron chi connectivity index (χ4n) is 8.97. The lowest BCUT2D eigenvalue weighted by Gasteiger charge is -2.41. The smallest absolute Gasteiger partial charge is 0.167 e. The Morgan fingerprint density at radius 3 is 1.67 bits per heavy atom. The van der Waals surface area contributed by atoms with E-state index in [2.05, 4.69) is 146 Å². The lowest BCUT2D eigenvalue weighted by Crippen LogP contribution is -2.38. The van der Waals surface area contributed by atoms with Crippen LogP contribution in [-0.2, 0) is 11.8 Å². The Morgan fingerprint density at radius 2 is 0.981 bits per heavy atom. The summed E-state index contributed by atoms with van der Waals surface area (Å²) in [4.78, 5) is 16.3. The van der Waals surface area contributed by atoms with E-state index in [1.807, 2.05) is 24.3 Å². The number of hydrogen-bond acceptors (Lipinski definition) is 4. The minimum Gasteiger partial charge on any atom is -0.455 e. The maximum absolute atomic E-state index is 6.90. The van der Waals surface area contributed by atoms with Gasteiger partial charge in [0.15, 0.2) is 17.5 Å². The number of rotatable bonds is 4. The van der Waals surface area contributed by atoms with Gasteiger partial charge in [0.05, 0.1) is 5.56 Å². The molecule has 4 nitrogen and oxygen atoms in total. The van der Waals surface area contributed by atoms with Gasteiger partial charge in [-0.15, -0.1) is 0 Å². The van der Waals surface area contributed by atoms with E-state index in [1.54, 1.807) is 0 Å². The zero-order valence-corrected chi connectivity index (χ0v) is 28.2. The average Bonchev–Trinajstić information content (AvgIpc) is 3.48. The van der Waals surface area contributed by atoms with Crippen LogP contribution in [0.2, 0.25) is 0 Å². The zero-order valence-electron chi connectivity index (χ0n) is 28.2. The number of benzene rings is 7. The molecule has 3 aliphatic carbocycles. The summed E-state index contributed by atoms with van der Waals surface area (Å²) >= 11 is 0. The van der Waals surface area contributed by atoms with Crippen LogP contribution in [0.15, 0.2) is 174 Å². The van der Waals surface area contributed by atoms with Gasteiger partial charge in [-0.05, 0) is 51.4 Å². The molecule has 12 rings (SSSR count). The van der Waals surface area contributed by atoms with Crippen molar-refractivity contribution in [2.24, 2.45) is 0 Å². The zero-order chi connectivity index (χ0) is 34.2. The molecule has 244 valence electrons. The van der Waals surface area contributed by atoms with Crippen molar-refractivity contribution in [2.45, 2.75) is 17.8 Å². The number of furan rings is 1. The minimum atomic E-state index is -0.764. The average molecular weight is 666 g/mol. The molecule has 0 spiro atoms. The summed E-state index contributed by atoms with van der Waals surface area (Å²) in [6, 6.07) is 60.1. The van der Waals surface area contributed by atoms with E-state index >= 15 is 0 Å². The van der Waals surface area contributed by atoms with Crippen molar-refractivity contribution in [3.05, 3.63) is 209 Å². The normalized spacial score (nSPS) is 17.0. The Morgan fingerprint density at radius 1 is 0.442 bits per heavy atom. The lowest BCUT2D eigenvalue weighted by molar-refractivity contribution is 0.639. The van der Waals surface area contributed by atoms with E-state index in [1.165, 1.54) is 33.4 Å². The van der Waals surface area contributed by atoms with Crippen LogP contribution < -0.4 is 0 Å². The van der Waals surface area contributed by atoms with Crippen molar-refractivity contribution in [1.29, 1.82) is 0 Å². The van der Waals surface area contributed by atoms with Crippen LogP contribution in [0.1, 0.15) is 45.1 Å². The highest BCUT2D eigenvalue weighted by Gasteiger charge is 2.52. The predicted molar refractivity (Wildman–Crippen MR) is 207 cm³/mol. The molecular weight excluding hydrogens is 635 g/mol. The van der Waals surface area contributed by atoms with Crippen LogP contribution in [0.25, 0.3) is 55.8 Å². The third-order valence-electron chi connectivity index (χ3n) is 11.2. The van der Waals surface area contributed by atoms with Gasteiger partial charge in [0.1, 0.15) is 16.6 Å². The summed E-state index contributed by atoms with van der Waals surface area (Å²) < 4.78 is 6.90. The van der Waals surface area contributed by atoms with E-state index in [9.17, 15) is 0 Å². The second kappa shape index (κ2) is 11.2. The van der Waals surface area contributed by atoms with Crippen LogP contribution in [0, 0.1) is 0 Å². The van der Waals surface area contributed by atoms with Crippen molar-refractivity contribution >= 4 is 21.9 Å². The topological polar surface area (TPSA) is 51.8 Å². The molecule has 9 aromatic rings. The van der Waals surface area contributed by atoms with Crippen molar-refractivity contribution in [3.8, 4) is 33.9 Å². The molecule has 2 bridgehead atoms. The van der Waals surface area contributed by atoms with Crippen LogP contribution >= 0.6 is 0 Å². The molecule has 2 heterocycles. The molecule has 0 radical (unpaired) electrons. The molecule has 0 unspecified atom stereocenters. The Bertz CT molecular complexity index is 2770. The van der Waals surface area contributed by atoms with E-state index in [0.717, 1.165) is 50.6 Å². The van der Waals surface area contributed by atoms with Gasteiger partial charge >= 0.3 is 0 Å². The first-order valence-corrected chi connectivity index (χ1v) is 17.9. The molecule has 0 atom stereocenters. The minimum absolute atomic E-state index is 0.238. The SMILES string of the molecule is c1ccc(-c2nc(-c3cccc4c3oc3c(-c5ccccc5)cccc34)nc(C34c5ccccc5CC(c5ccccc53)c3ccccc34)n2)cc1. The molecule has 0 saturated heterocycles. The highest BCUT2D eigenvalue weighted by molar-refractivity contribution is 6.12. The lowest BCUT2D eigenvalue weighted by atomic mass is 9.62. The van der Waals surface area contributed by atoms with Gasteiger partial charge in [-0.2, -0.15) is 0 Å². The van der Waals surface area contributed by atoms with Crippen LogP contribution in [-0.4, -0.2) is 15.0 Å². The molecule has 0 N–H and O–H groups in total. The van der Waals surface area contributed by atoms with Gasteiger partial charge in [0.2, 0.25) is 0 Å². The fourth-order valence-corrected chi connectivity index (χ4v) is 8.97. The van der Waals surface area contributed by atoms with Crippen LogP contribution in [0.4, 0.5) is 0 Å². The van der Waals surface area contributed by atoms with Crippen molar-refractivity contribution in [1.82, 2.24) is 15.0 Å². The number of nitrogens with zero attached hydrogens (tertiary/aromatic N) is 3. The standard InChI is InChI=1S/C48H31N3O/c1-3-15-30(16-4-1)33-22-13-23-36-37-24-14-25-38(44(37)52-43(33)36)46-49-45(31-17-5-2-6-18-31)50-47(51-46)48-40-26-10-7-19-32(40)29-39(34-20-8-11-27-41(34)48)35-21-9-12-28-42(35)48/h1-28,39H,29H2. The predicted octanol–water partition coefficient (Wildman–Crippen LogP) is 11.2. The van der Waals surface area contributed by atoms with Crippen LogP contribution in [0.3, 0.4) is 0 Å². The van der Waals surface area contributed by atoms with Gasteiger partial charge in [-0.25, -0.2) is 15.0 Å². The number of hydrogen-bond donors (Lipinski definition) is 0. The molecule has 2 aromatic heterocycles. The molecular formula is C48H31N3O. The summed E-state index contributed by atoms with van der Waals surface area (Å²) in [6.07, 6.45) is 0.914. The summed E-state index contributed by atoms with van der Waals surface area (Å²) in [5, 5.41) is 2.09. The van der Waals surface area contributed by atoms with E-state index in [-0.39, 0.29) is 5.92 Å². The molecule has 7 aromatic carbocycles. The summed E-state index contributed by atoms with van der Waals surface area (Å²) in [6.45, 7) is 0. The van der Waals surface area contributed by atoms with Crippen molar-refractivity contribution < 1.29 is 4.42 Å². The Kier molecular flexibility index (Phi) is 6.26.